The van der Waals surface area contributed by atoms with Gasteiger partial charge in [0, 0.05) is 0 Å². The molecule has 0 atom stereocenters. The molecule has 0 radical (unpaired) electrons. The molecule has 0 aliphatic heterocycles. The molecule has 0 aliphatic rings. The predicted molar refractivity (Wildman–Crippen MR) is 185 cm³/mol. The molecular weight excluding hydrogens is 770 g/mol. The summed E-state index contributed by atoms with van der Waals surface area (Å²) in [7, 11) is 5.08. The van der Waals surface area contributed by atoms with Crippen LogP contribution in [-0.2, 0) is 26.2 Å². The van der Waals surface area contributed by atoms with E-state index < -0.39 is 16.9 Å². The van der Waals surface area contributed by atoms with E-state index in [9.17, 15) is 0 Å². The van der Waals surface area contributed by atoms with Crippen LogP contribution in [0.15, 0.2) is 133 Å². The minimum atomic E-state index is -0.833. The summed E-state index contributed by atoms with van der Waals surface area (Å²) in [4.78, 5) is 0. The number of rotatable bonds is 7. The van der Waals surface area contributed by atoms with Gasteiger partial charge in [0.05, 0.1) is 0 Å². The maximum absolute atomic E-state index is 7.50. The van der Waals surface area contributed by atoms with Gasteiger partial charge in [-0.05, 0) is 49.4 Å². The van der Waals surface area contributed by atoms with Crippen LogP contribution in [0.25, 0.3) is 0 Å². The topological polar surface area (TPSA) is 39.8 Å². The summed E-state index contributed by atoms with van der Waals surface area (Å²) in [6, 6.07) is 48.6. The van der Waals surface area contributed by atoms with E-state index in [1.165, 1.54) is 55.8 Å². The Morgan fingerprint density at radius 2 is 0.818 bits per heavy atom. The zero-order valence-electron chi connectivity index (χ0n) is 25.1. The zero-order chi connectivity index (χ0) is 32.2. The van der Waals surface area contributed by atoms with Crippen molar-refractivity contribution in [2.75, 3.05) is 12.3 Å². The van der Waals surface area contributed by atoms with Gasteiger partial charge >= 0.3 is 108 Å². The quantitative estimate of drug-likeness (QED) is 0.0903. The molecule has 0 aliphatic carbocycles. The maximum Gasteiger partial charge on any atom is -0.0195 e. The van der Waals surface area contributed by atoms with Gasteiger partial charge in [-0.25, -0.2) is 0 Å². The van der Waals surface area contributed by atoms with E-state index in [1.54, 1.807) is 0 Å². The monoisotopic (exact) mass is 804 g/mol. The number of aryl methyl sites for hydroxylation is 3. The van der Waals surface area contributed by atoms with Gasteiger partial charge in [0.25, 0.3) is 0 Å². The molecule has 222 valence electrons. The number of halogens is 1. The molecule has 0 N–H and O–H groups in total. The first-order valence-electron chi connectivity index (χ1n) is 13.8. The van der Waals surface area contributed by atoms with Gasteiger partial charge in [0.15, 0.2) is 0 Å². The summed E-state index contributed by atoms with van der Waals surface area (Å²) in [6.45, 7) is 15.4. The van der Waals surface area contributed by atoms with Crippen molar-refractivity contribution in [1.29, 1.82) is 0 Å². The number of hydrogen-bond donors (Lipinski definition) is 0. The fourth-order valence-corrected chi connectivity index (χ4v) is 12.2. The van der Waals surface area contributed by atoms with Crippen LogP contribution in [0.3, 0.4) is 0 Å². The van der Waals surface area contributed by atoms with Gasteiger partial charge in [0.2, 0.25) is 0 Å². The van der Waals surface area contributed by atoms with E-state index >= 15 is 0 Å². The van der Waals surface area contributed by atoms with Crippen molar-refractivity contribution in [3.05, 3.63) is 169 Å². The van der Waals surface area contributed by atoms with Crippen LogP contribution in [-0.4, -0.2) is 12.3 Å². The second-order valence-corrected chi connectivity index (χ2v) is 16.8. The Labute approximate surface area is 277 Å². The summed E-state index contributed by atoms with van der Waals surface area (Å²) < 4.78 is 18.3. The van der Waals surface area contributed by atoms with Crippen LogP contribution in [0.1, 0.15) is 22.3 Å². The van der Waals surface area contributed by atoms with Gasteiger partial charge < -0.3 is 0 Å². The molecular formula is C38H35ClO2P2W. The van der Waals surface area contributed by atoms with Crippen LogP contribution in [0, 0.1) is 38.3 Å². The second-order valence-electron chi connectivity index (χ2n) is 9.60. The van der Waals surface area contributed by atoms with Crippen LogP contribution >= 0.6 is 25.3 Å². The van der Waals surface area contributed by atoms with Crippen LogP contribution < -0.4 is 21.2 Å². The maximum atomic E-state index is 7.50. The molecule has 0 saturated heterocycles. The first-order chi connectivity index (χ1) is 21.6. The second kappa shape index (κ2) is 21.8. The Kier molecular flexibility index (Phi) is 18.5. The van der Waals surface area contributed by atoms with E-state index in [1.807, 2.05) is 0 Å². The number of hydrogen-bond acceptors (Lipinski definition) is 0. The van der Waals surface area contributed by atoms with E-state index in [4.69, 9.17) is 18.7 Å². The smallest absolute Gasteiger partial charge is 0.0195 e. The first-order valence-corrected chi connectivity index (χ1v) is 22.0. The summed E-state index contributed by atoms with van der Waals surface area (Å²) in [6.07, 6.45) is 2.41. The van der Waals surface area contributed by atoms with Crippen molar-refractivity contribution in [2.45, 2.75) is 20.8 Å². The largest absolute Gasteiger partial charge is 0.0622 e. The minimum absolute atomic E-state index is 0.348. The van der Waals surface area contributed by atoms with Gasteiger partial charge in [-0.3, -0.25) is 0 Å². The van der Waals surface area contributed by atoms with Crippen LogP contribution in [0.2, 0.25) is 0 Å². The molecule has 5 aromatic carbocycles. The molecule has 0 spiro atoms. The summed E-state index contributed by atoms with van der Waals surface area (Å²) in [5.74, 6) is 0. The molecule has 6 heteroatoms. The van der Waals surface area contributed by atoms with Gasteiger partial charge in [-0.15, -0.1) is 0 Å². The standard InChI is InChI=1S/C26H24P2.C10H11.2CO.ClH.W/c1-5-13-23(14-6-1)27(24-15-7-2-8-16-24)21-22-28(25-17-9-3-10-18-25)26-19-11-4-12-20-26;1-7-5-8(2)10(4)9(3)6-7;2*1-2;;/h1-20H,21-22H2;5-6H,1-3H3;;;1H;/q;;;;;+1/p-1. The van der Waals surface area contributed by atoms with Crippen LogP contribution in [0.4, 0.5) is 0 Å². The average molecular weight is 805 g/mol. The molecule has 0 unspecified atom stereocenters. The predicted octanol–water partition coefficient (Wildman–Crippen LogP) is 8.33. The molecule has 0 amide bonds. The van der Waals surface area contributed by atoms with Gasteiger partial charge in [-0.1, -0.05) is 121 Å². The van der Waals surface area contributed by atoms with E-state index in [2.05, 4.69) is 172 Å². The van der Waals surface area contributed by atoms with E-state index in [-0.39, 0.29) is 15.8 Å². The normalized spacial score (nSPS) is 9.68. The summed E-state index contributed by atoms with van der Waals surface area (Å²) >= 11 is -0.833. The average Bonchev–Trinajstić information content (AvgIpc) is 3.08. The Morgan fingerprint density at radius 1 is 0.545 bits per heavy atom. The molecule has 0 aromatic heterocycles. The summed E-state index contributed by atoms with van der Waals surface area (Å²) in [5, 5.41) is 5.89. The molecule has 0 saturated carbocycles. The van der Waals surface area contributed by atoms with Crippen molar-refractivity contribution in [2.24, 2.45) is 0 Å². The summed E-state index contributed by atoms with van der Waals surface area (Å²) in [5.41, 5.74) is 5.15. The molecule has 5 rings (SSSR count). The third-order valence-corrected chi connectivity index (χ3v) is 13.7. The number of benzene rings is 5. The van der Waals surface area contributed by atoms with Crippen molar-refractivity contribution >= 4 is 46.5 Å². The molecule has 0 fully saturated rings. The Morgan fingerprint density at radius 3 is 1.07 bits per heavy atom. The van der Waals surface area contributed by atoms with Crippen molar-refractivity contribution < 1.29 is 26.2 Å². The van der Waals surface area contributed by atoms with Gasteiger partial charge in [-0.2, -0.15) is 0 Å². The third-order valence-electron chi connectivity index (χ3n) is 6.64. The Bertz CT molecular complexity index is 1440. The Hall–Kier alpha value is -2.80. The van der Waals surface area contributed by atoms with Crippen molar-refractivity contribution in [1.82, 2.24) is 0 Å². The molecule has 44 heavy (non-hydrogen) atoms. The minimum Gasteiger partial charge on any atom is -0.0622 e. The molecule has 2 nitrogen and oxygen atoms in total. The van der Waals surface area contributed by atoms with Gasteiger partial charge in [0.1, 0.15) is 0 Å². The van der Waals surface area contributed by atoms with E-state index in [0.29, 0.717) is 0 Å². The molecule has 5 aromatic rings. The van der Waals surface area contributed by atoms with Crippen LogP contribution in [0.5, 0.6) is 0 Å². The molecule has 0 heterocycles. The van der Waals surface area contributed by atoms with E-state index in [0.717, 1.165) is 0 Å². The Balaban J connectivity index is 0.000000354. The van der Waals surface area contributed by atoms with Crippen molar-refractivity contribution in [3.63, 3.8) is 0 Å². The SMILES string of the molecule is Cc1cc(C)c([C]#[W][Cl])c(C)c1.[C-]#[O+].[C-]#[O+].c1ccc(P(CCP(c2ccccc2)c2ccccc2)c2ccccc2)cc1. The zero-order valence-corrected chi connectivity index (χ0v) is 30.6. The fourth-order valence-electron chi connectivity index (χ4n) is 4.83. The first kappa shape index (κ1) is 37.4. The third kappa shape index (κ3) is 11.9. The fraction of sp³-hybridized carbons (Fsp3) is 0.132. The molecule has 0 bridgehead atoms. The van der Waals surface area contributed by atoms with Crippen molar-refractivity contribution in [3.8, 4) is 4.20 Å².